The normalized spacial score (nSPS) is 12.8. The van der Waals surface area contributed by atoms with Gasteiger partial charge in [-0.25, -0.2) is 4.79 Å². The first-order chi connectivity index (χ1) is 13.8. The highest BCUT2D eigenvalue weighted by atomic mass is 32.2. The third-order valence-electron chi connectivity index (χ3n) is 4.55. The number of aldehydes is 1. The van der Waals surface area contributed by atoms with Crippen LogP contribution in [0.4, 0.5) is 0 Å². The summed E-state index contributed by atoms with van der Waals surface area (Å²) >= 11 is 0. The first-order valence-corrected chi connectivity index (χ1v) is 9.45. The highest BCUT2D eigenvalue weighted by Crippen LogP contribution is 2.35. The van der Waals surface area contributed by atoms with Gasteiger partial charge in [-0.05, 0) is 18.1 Å². The Labute approximate surface area is 167 Å². The van der Waals surface area contributed by atoms with Gasteiger partial charge in [0.2, 0.25) is 10.3 Å². The summed E-state index contributed by atoms with van der Waals surface area (Å²) in [5.41, 5.74) is 6.09. The number of carboxylic acids is 1. The van der Waals surface area contributed by atoms with Crippen LogP contribution in [0.2, 0.25) is 0 Å². The van der Waals surface area contributed by atoms with E-state index in [0.717, 1.165) is 5.56 Å². The van der Waals surface area contributed by atoms with E-state index in [1.807, 2.05) is 30.3 Å². The zero-order valence-electron chi connectivity index (χ0n) is 15.2. The van der Waals surface area contributed by atoms with Crippen LogP contribution in [0, 0.1) is 6.92 Å². The van der Waals surface area contributed by atoms with Crippen LogP contribution in [0.15, 0.2) is 59.1 Å². The molecule has 0 bridgehead atoms. The second kappa shape index (κ2) is 7.82. The van der Waals surface area contributed by atoms with Crippen LogP contribution in [0.25, 0.3) is 22.4 Å². The molecule has 0 spiro atoms. The van der Waals surface area contributed by atoms with E-state index in [-0.39, 0.29) is 11.8 Å². The maximum absolute atomic E-state index is 11.7. The van der Waals surface area contributed by atoms with Gasteiger partial charge >= 0.3 is 5.97 Å². The van der Waals surface area contributed by atoms with Crippen LogP contribution in [0.1, 0.15) is 11.3 Å². The molecular weight excluding hydrogens is 396 g/mol. The van der Waals surface area contributed by atoms with Crippen LogP contribution in [-0.4, -0.2) is 35.8 Å². The van der Waals surface area contributed by atoms with Crippen molar-refractivity contribution in [3.63, 3.8) is 0 Å². The highest BCUT2D eigenvalue weighted by molar-refractivity contribution is 7.74. The van der Waals surface area contributed by atoms with Crippen LogP contribution < -0.4 is 5.73 Å². The number of aryl methyl sites for hydroxylation is 1. The Morgan fingerprint density at radius 3 is 2.24 bits per heavy atom. The zero-order valence-corrected chi connectivity index (χ0v) is 16.0. The van der Waals surface area contributed by atoms with Crippen molar-refractivity contribution in [2.24, 2.45) is 5.73 Å². The second-order valence-corrected chi connectivity index (χ2v) is 7.14. The summed E-state index contributed by atoms with van der Waals surface area (Å²) in [6.45, 7) is 1.74. The number of carbonyl (C=O) groups excluding carboxylic acids is 1. The fourth-order valence-electron chi connectivity index (χ4n) is 3.04. The molecule has 1 heterocycles. The Kier molecular flexibility index (Phi) is 5.44. The Morgan fingerprint density at radius 1 is 1.10 bits per heavy atom. The van der Waals surface area contributed by atoms with E-state index < -0.39 is 26.7 Å². The molecule has 148 valence electrons. The maximum atomic E-state index is 11.7. The van der Waals surface area contributed by atoms with Gasteiger partial charge in [-0.3, -0.25) is 4.79 Å². The predicted octanol–water partition coefficient (Wildman–Crippen LogP) is 1.81. The Hall–Kier alpha value is -3.56. The minimum absolute atomic E-state index is 0.0598. The van der Waals surface area contributed by atoms with Gasteiger partial charge in [0.15, 0.2) is 11.8 Å². The molecule has 3 aromatic rings. The third-order valence-corrected chi connectivity index (χ3v) is 5.33. The first-order valence-electron chi connectivity index (χ1n) is 8.37. The molecule has 29 heavy (non-hydrogen) atoms. The molecule has 1 atom stereocenters. The van der Waals surface area contributed by atoms with Gasteiger partial charge < -0.3 is 15.4 Å². The van der Waals surface area contributed by atoms with Crippen LogP contribution >= 0.6 is 0 Å². The maximum Gasteiger partial charge on any atom is 0.334 e. The number of hydrogen-bond donors (Lipinski definition) is 2. The standard InChI is InChI=1S/C20H16N2O6S/c1-12-17(18(22-28-12)14-5-3-2-4-6-14)13-7-9-15(10-8-13)20(21,19(24)25)16(11-23)29(26)27/h2-11H,21H2,1H3,(H,24,25). The Bertz CT molecular complexity index is 1210. The number of benzene rings is 2. The summed E-state index contributed by atoms with van der Waals surface area (Å²) in [5, 5.41) is 13.6. The third kappa shape index (κ3) is 3.48. The summed E-state index contributed by atoms with van der Waals surface area (Å²) in [6.07, 6.45) is -0.0667. The van der Waals surface area contributed by atoms with Crippen molar-refractivity contribution >= 4 is 27.4 Å². The summed E-state index contributed by atoms with van der Waals surface area (Å²) < 4.78 is 28.0. The molecule has 0 saturated carbocycles. The van der Waals surface area contributed by atoms with Gasteiger partial charge in [0.05, 0.1) is 5.56 Å². The Morgan fingerprint density at radius 2 is 1.72 bits per heavy atom. The van der Waals surface area contributed by atoms with Crippen molar-refractivity contribution in [2.75, 3.05) is 0 Å². The molecule has 0 radical (unpaired) electrons. The van der Waals surface area contributed by atoms with Crippen LogP contribution in [0.3, 0.4) is 0 Å². The smallest absolute Gasteiger partial charge is 0.334 e. The molecule has 8 nitrogen and oxygen atoms in total. The SMILES string of the molecule is Cc1onc(-c2ccccc2)c1-c1ccc(C(N)(C(=O)O)C(C=O)=S(=O)=O)cc1. The monoisotopic (exact) mass is 412 g/mol. The Balaban J connectivity index is 2.13. The van der Waals surface area contributed by atoms with Crippen molar-refractivity contribution in [2.45, 2.75) is 12.5 Å². The summed E-state index contributed by atoms with van der Waals surface area (Å²) in [7, 11) is -3.09. The molecule has 1 unspecified atom stereocenters. The molecule has 0 amide bonds. The first kappa shape index (κ1) is 20.2. The lowest BCUT2D eigenvalue weighted by molar-refractivity contribution is -0.141. The van der Waals surface area contributed by atoms with Gasteiger partial charge in [0.1, 0.15) is 16.3 Å². The molecule has 0 saturated heterocycles. The summed E-state index contributed by atoms with van der Waals surface area (Å²) in [6, 6.07) is 15.2. The lowest BCUT2D eigenvalue weighted by Gasteiger charge is -2.23. The highest BCUT2D eigenvalue weighted by Gasteiger charge is 2.42. The summed E-state index contributed by atoms with van der Waals surface area (Å²) in [4.78, 5) is 21.9. The number of nitrogens with two attached hydrogens (primary N) is 1. The fraction of sp³-hybridized carbons (Fsp3) is 0.100. The van der Waals surface area contributed by atoms with E-state index in [4.69, 9.17) is 10.3 Å². The average Bonchev–Trinajstić information content (AvgIpc) is 3.10. The molecular formula is C20H16N2O6S. The molecule has 2 aromatic carbocycles. The van der Waals surface area contributed by atoms with Crippen molar-refractivity contribution < 1.29 is 27.6 Å². The zero-order chi connectivity index (χ0) is 21.2. The molecule has 0 aliphatic heterocycles. The number of hydrogen-bond acceptors (Lipinski definition) is 7. The fourth-order valence-corrected chi connectivity index (χ4v) is 3.59. The average molecular weight is 412 g/mol. The lowest BCUT2D eigenvalue weighted by Crippen LogP contribution is -2.52. The number of nitrogens with zero attached hydrogens (tertiary/aromatic N) is 1. The van der Waals surface area contributed by atoms with Crippen molar-refractivity contribution in [1.29, 1.82) is 0 Å². The molecule has 0 aliphatic carbocycles. The van der Waals surface area contributed by atoms with Crippen LogP contribution in [-0.2, 0) is 25.4 Å². The molecule has 1 aromatic heterocycles. The van der Waals surface area contributed by atoms with Gasteiger partial charge in [0.25, 0.3) is 0 Å². The molecule has 3 N–H and O–H groups in total. The van der Waals surface area contributed by atoms with Crippen molar-refractivity contribution in [3.8, 4) is 22.4 Å². The van der Waals surface area contributed by atoms with E-state index in [1.54, 1.807) is 19.1 Å². The number of carboxylic acid groups (broad SMARTS) is 1. The summed E-state index contributed by atoms with van der Waals surface area (Å²) in [5.74, 6) is -1.11. The number of aliphatic carboxylic acids is 1. The van der Waals surface area contributed by atoms with Gasteiger partial charge in [-0.1, -0.05) is 59.8 Å². The molecule has 0 aliphatic rings. The lowest BCUT2D eigenvalue weighted by atomic mass is 9.86. The van der Waals surface area contributed by atoms with E-state index in [9.17, 15) is 23.1 Å². The van der Waals surface area contributed by atoms with Gasteiger partial charge in [-0.2, -0.15) is 8.42 Å². The predicted molar refractivity (Wildman–Crippen MR) is 106 cm³/mol. The van der Waals surface area contributed by atoms with E-state index >= 15 is 0 Å². The quantitative estimate of drug-likeness (QED) is 0.461. The van der Waals surface area contributed by atoms with E-state index in [0.29, 0.717) is 22.6 Å². The van der Waals surface area contributed by atoms with Crippen molar-refractivity contribution in [3.05, 3.63) is 65.9 Å². The van der Waals surface area contributed by atoms with Crippen LogP contribution in [0.5, 0.6) is 0 Å². The van der Waals surface area contributed by atoms with Gasteiger partial charge in [-0.15, -0.1) is 0 Å². The van der Waals surface area contributed by atoms with E-state index in [1.165, 1.54) is 12.1 Å². The van der Waals surface area contributed by atoms with E-state index in [2.05, 4.69) is 5.16 Å². The second-order valence-electron chi connectivity index (χ2n) is 6.24. The minimum Gasteiger partial charge on any atom is -0.479 e. The number of rotatable bonds is 6. The minimum atomic E-state index is -3.09. The molecule has 0 fully saturated rings. The topological polar surface area (TPSA) is 141 Å². The number of carbonyl (C=O) groups is 2. The number of aromatic nitrogens is 1. The molecule has 9 heteroatoms. The van der Waals surface area contributed by atoms with Gasteiger partial charge in [0, 0.05) is 5.56 Å². The van der Waals surface area contributed by atoms with Crippen molar-refractivity contribution in [1.82, 2.24) is 5.16 Å². The largest absolute Gasteiger partial charge is 0.479 e. The molecule has 3 rings (SSSR count).